The van der Waals surface area contributed by atoms with Crippen molar-refractivity contribution >= 4 is 50.5 Å². The molecule has 2 aromatic rings. The molecule has 1 aromatic heterocycles. The molecule has 5 nitrogen and oxygen atoms in total. The fourth-order valence-corrected chi connectivity index (χ4v) is 2.84. The first-order valence-corrected chi connectivity index (χ1v) is 7.68. The molecule has 0 fully saturated rings. The molecule has 7 heteroatoms. The molecule has 0 atom stereocenters. The number of anilines is 2. The number of methoxy groups -OCH3 is 1. The maximum atomic E-state index is 12.1. The number of carbonyl (C=O) groups excluding carboxylic acids is 2. The number of halogens is 1. The van der Waals surface area contributed by atoms with Crippen molar-refractivity contribution in [1.29, 1.82) is 0 Å². The fourth-order valence-electron chi connectivity index (χ4n) is 1.71. The lowest BCUT2D eigenvalue weighted by atomic mass is 10.2. The Morgan fingerprint density at radius 1 is 1.24 bits per heavy atom. The van der Waals surface area contributed by atoms with Gasteiger partial charge in [-0.25, -0.2) is 0 Å². The van der Waals surface area contributed by atoms with Crippen LogP contribution in [0, 0.1) is 0 Å². The van der Waals surface area contributed by atoms with Crippen molar-refractivity contribution in [3.63, 3.8) is 0 Å². The van der Waals surface area contributed by atoms with Gasteiger partial charge >= 0.3 is 0 Å². The van der Waals surface area contributed by atoms with Gasteiger partial charge in [-0.3, -0.25) is 9.59 Å². The van der Waals surface area contributed by atoms with Crippen LogP contribution < -0.4 is 15.4 Å². The van der Waals surface area contributed by atoms with Crippen molar-refractivity contribution in [3.05, 3.63) is 39.0 Å². The van der Waals surface area contributed by atoms with Crippen LogP contribution in [0.3, 0.4) is 0 Å². The second-order valence-corrected chi connectivity index (χ2v) is 6.48. The molecule has 110 valence electrons. The average Bonchev–Trinajstić information content (AvgIpc) is 2.85. The first-order valence-electron chi connectivity index (χ1n) is 6.00. The summed E-state index contributed by atoms with van der Waals surface area (Å²) >= 11 is 4.76. The van der Waals surface area contributed by atoms with Crippen LogP contribution >= 0.6 is 27.3 Å². The molecule has 1 heterocycles. The van der Waals surface area contributed by atoms with E-state index in [0.29, 0.717) is 22.7 Å². The zero-order valence-electron chi connectivity index (χ0n) is 11.4. The Labute approximate surface area is 134 Å². The van der Waals surface area contributed by atoms with Gasteiger partial charge in [0.1, 0.15) is 5.75 Å². The lowest BCUT2D eigenvalue weighted by Crippen LogP contribution is -2.12. The third kappa shape index (κ3) is 4.05. The van der Waals surface area contributed by atoms with E-state index in [1.165, 1.54) is 25.4 Å². The maximum Gasteiger partial charge on any atom is 0.256 e. The molecule has 0 saturated heterocycles. The van der Waals surface area contributed by atoms with Crippen LogP contribution in [-0.2, 0) is 4.79 Å². The number of rotatable bonds is 4. The summed E-state index contributed by atoms with van der Waals surface area (Å²) in [5.74, 6) is 0.107. The molecule has 2 N–H and O–H groups in total. The van der Waals surface area contributed by atoms with E-state index in [-0.39, 0.29) is 11.8 Å². The highest BCUT2D eigenvalue weighted by Gasteiger charge is 2.11. The van der Waals surface area contributed by atoms with Crippen LogP contribution in [-0.4, -0.2) is 18.9 Å². The highest BCUT2D eigenvalue weighted by atomic mass is 79.9. The first kappa shape index (κ1) is 15.5. The Balaban J connectivity index is 2.20. The summed E-state index contributed by atoms with van der Waals surface area (Å²) in [5, 5.41) is 7.20. The maximum absolute atomic E-state index is 12.1. The molecule has 21 heavy (non-hydrogen) atoms. The van der Waals surface area contributed by atoms with Crippen LogP contribution in [0.2, 0.25) is 0 Å². The third-order valence-electron chi connectivity index (χ3n) is 2.60. The molecular weight excluding hydrogens is 356 g/mol. The average molecular weight is 369 g/mol. The lowest BCUT2D eigenvalue weighted by molar-refractivity contribution is -0.114. The molecule has 0 aliphatic rings. The minimum atomic E-state index is -0.212. The molecule has 1 aromatic carbocycles. The SMILES string of the molecule is COc1ccc(NC(=O)c2csc(Br)c2)cc1NC(C)=O. The van der Waals surface area contributed by atoms with Crippen LogP contribution in [0.25, 0.3) is 0 Å². The second kappa shape index (κ2) is 6.73. The molecule has 0 aliphatic heterocycles. The van der Waals surface area contributed by atoms with Gasteiger partial charge in [-0.15, -0.1) is 11.3 Å². The summed E-state index contributed by atoms with van der Waals surface area (Å²) in [6.45, 7) is 1.41. The van der Waals surface area contributed by atoms with Gasteiger partial charge in [0.25, 0.3) is 5.91 Å². The largest absolute Gasteiger partial charge is 0.495 e. The molecule has 2 amide bonds. The predicted molar refractivity (Wildman–Crippen MR) is 87.3 cm³/mol. The highest BCUT2D eigenvalue weighted by Crippen LogP contribution is 2.28. The summed E-state index contributed by atoms with van der Waals surface area (Å²) in [6, 6.07) is 6.80. The van der Waals surface area contributed by atoms with Gasteiger partial charge in [0, 0.05) is 18.0 Å². The van der Waals surface area contributed by atoms with Crippen molar-refractivity contribution in [3.8, 4) is 5.75 Å². The zero-order valence-corrected chi connectivity index (χ0v) is 13.8. The molecule has 0 bridgehead atoms. The van der Waals surface area contributed by atoms with Crippen LogP contribution in [0.15, 0.2) is 33.4 Å². The third-order valence-corrected chi connectivity index (χ3v) is 4.10. The molecule has 0 spiro atoms. The number of hydrogen-bond acceptors (Lipinski definition) is 4. The van der Waals surface area contributed by atoms with E-state index in [1.54, 1.807) is 29.6 Å². The summed E-state index contributed by atoms with van der Waals surface area (Å²) in [5.41, 5.74) is 1.66. The van der Waals surface area contributed by atoms with Crippen LogP contribution in [0.5, 0.6) is 5.75 Å². The summed E-state index contributed by atoms with van der Waals surface area (Å²) < 4.78 is 6.05. The Morgan fingerprint density at radius 2 is 2.00 bits per heavy atom. The van der Waals surface area contributed by atoms with Crippen molar-refractivity contribution < 1.29 is 14.3 Å². The van der Waals surface area contributed by atoms with Gasteiger partial charge in [-0.2, -0.15) is 0 Å². The number of ether oxygens (including phenoxy) is 1. The smallest absolute Gasteiger partial charge is 0.256 e. The minimum absolute atomic E-state index is 0.210. The van der Waals surface area contributed by atoms with Crippen LogP contribution in [0.1, 0.15) is 17.3 Å². The van der Waals surface area contributed by atoms with E-state index in [9.17, 15) is 9.59 Å². The summed E-state index contributed by atoms with van der Waals surface area (Å²) in [6.07, 6.45) is 0. The van der Waals surface area contributed by atoms with Gasteiger partial charge < -0.3 is 15.4 Å². The van der Waals surface area contributed by atoms with Gasteiger partial charge in [-0.1, -0.05) is 0 Å². The summed E-state index contributed by atoms with van der Waals surface area (Å²) in [7, 11) is 1.52. The number of nitrogens with one attached hydrogen (secondary N) is 2. The second-order valence-electron chi connectivity index (χ2n) is 4.19. The molecule has 0 saturated carbocycles. The van der Waals surface area contributed by atoms with Crippen molar-refractivity contribution in [2.24, 2.45) is 0 Å². The Hall–Kier alpha value is -1.86. The first-order chi connectivity index (χ1) is 9.99. The van der Waals surface area contributed by atoms with Gasteiger partial charge in [0.05, 0.1) is 22.1 Å². The van der Waals surface area contributed by atoms with Gasteiger partial charge in [-0.05, 0) is 40.2 Å². The number of amides is 2. The number of hydrogen-bond donors (Lipinski definition) is 2. The van der Waals surface area contributed by atoms with Crippen molar-refractivity contribution in [2.45, 2.75) is 6.92 Å². The number of thiophene rings is 1. The molecule has 0 aliphatic carbocycles. The normalized spacial score (nSPS) is 10.0. The summed E-state index contributed by atoms with van der Waals surface area (Å²) in [4.78, 5) is 23.3. The highest BCUT2D eigenvalue weighted by molar-refractivity contribution is 9.11. The molecular formula is C14H13BrN2O3S. The monoisotopic (exact) mass is 368 g/mol. The van der Waals surface area contributed by atoms with E-state index in [0.717, 1.165) is 3.79 Å². The lowest BCUT2D eigenvalue weighted by Gasteiger charge is -2.11. The van der Waals surface area contributed by atoms with Gasteiger partial charge in [0.15, 0.2) is 0 Å². The minimum Gasteiger partial charge on any atom is -0.495 e. The molecule has 0 unspecified atom stereocenters. The van der Waals surface area contributed by atoms with Gasteiger partial charge in [0.2, 0.25) is 5.91 Å². The van der Waals surface area contributed by atoms with Crippen molar-refractivity contribution in [2.75, 3.05) is 17.7 Å². The van der Waals surface area contributed by atoms with E-state index in [4.69, 9.17) is 4.74 Å². The van der Waals surface area contributed by atoms with E-state index in [1.807, 2.05) is 0 Å². The topological polar surface area (TPSA) is 67.4 Å². The fraction of sp³-hybridized carbons (Fsp3) is 0.143. The van der Waals surface area contributed by atoms with E-state index >= 15 is 0 Å². The standard InChI is InChI=1S/C14H13BrN2O3S/c1-8(18)16-11-6-10(3-4-12(11)20-2)17-14(19)9-5-13(15)21-7-9/h3-7H,1-2H3,(H,16,18)(H,17,19). The Bertz CT molecular complexity index is 685. The van der Waals surface area contributed by atoms with Crippen LogP contribution in [0.4, 0.5) is 11.4 Å². The quantitative estimate of drug-likeness (QED) is 0.863. The predicted octanol–water partition coefficient (Wildman–Crippen LogP) is 3.73. The Kier molecular flexibility index (Phi) is 4.98. The Morgan fingerprint density at radius 3 is 2.57 bits per heavy atom. The number of carbonyl (C=O) groups is 2. The number of benzene rings is 1. The van der Waals surface area contributed by atoms with E-state index < -0.39 is 0 Å². The van der Waals surface area contributed by atoms with E-state index in [2.05, 4.69) is 26.6 Å². The zero-order chi connectivity index (χ0) is 15.4. The molecule has 2 rings (SSSR count). The molecule has 0 radical (unpaired) electrons. The van der Waals surface area contributed by atoms with Crippen molar-refractivity contribution in [1.82, 2.24) is 0 Å².